The topological polar surface area (TPSA) is 70.6 Å². The fourth-order valence-electron chi connectivity index (χ4n) is 3.06. The monoisotopic (exact) mass is 407 g/mol. The number of halogens is 1. The molecule has 1 fully saturated rings. The predicted molar refractivity (Wildman–Crippen MR) is 107 cm³/mol. The summed E-state index contributed by atoms with van der Waals surface area (Å²) < 4.78 is 25.9. The molecule has 1 saturated heterocycles. The summed E-state index contributed by atoms with van der Waals surface area (Å²) in [5.74, 6) is -0.0506. The average molecular weight is 408 g/mol. The average Bonchev–Trinajstić information content (AvgIpc) is 2.66. The van der Waals surface area contributed by atoms with Crippen LogP contribution in [0, 0.1) is 0 Å². The Labute approximate surface area is 164 Å². The van der Waals surface area contributed by atoms with Gasteiger partial charge in [-0.25, -0.2) is 8.42 Å². The summed E-state index contributed by atoms with van der Waals surface area (Å²) in [6, 6.07) is 8.65. The van der Waals surface area contributed by atoms with Crippen molar-refractivity contribution in [3.05, 3.63) is 58.9 Å². The Kier molecular flexibility index (Phi) is 6.01. The molecule has 2 heterocycles. The van der Waals surface area contributed by atoms with Crippen LogP contribution in [0.5, 0.6) is 0 Å². The fraction of sp³-hybridized carbons (Fsp3) is 0.368. The van der Waals surface area contributed by atoms with Crippen molar-refractivity contribution in [1.82, 2.24) is 9.88 Å². The zero-order valence-electron chi connectivity index (χ0n) is 15.1. The molecule has 0 unspecified atom stereocenters. The van der Waals surface area contributed by atoms with Gasteiger partial charge in [-0.2, -0.15) is 0 Å². The summed E-state index contributed by atoms with van der Waals surface area (Å²) in [4.78, 5) is 18.3. The number of amides is 1. The van der Waals surface area contributed by atoms with Gasteiger partial charge in [0.05, 0.1) is 22.0 Å². The Bertz CT molecular complexity index is 919. The number of anilines is 1. The van der Waals surface area contributed by atoms with Crippen molar-refractivity contribution in [2.24, 2.45) is 0 Å². The second-order valence-corrected chi connectivity index (χ2v) is 9.01. The first-order valence-corrected chi connectivity index (χ1v) is 10.8. The molecule has 3 rings (SSSR count). The molecule has 1 aliphatic heterocycles. The Morgan fingerprint density at radius 2 is 1.96 bits per heavy atom. The molecule has 0 bridgehead atoms. The standard InChI is InChI=1S/C19H22ClN3O3S/c1-22(12-8-15-6-9-21-10-7-15)19(24)17-5-4-16(14-18(17)20)23-11-2-3-13-27(23,25)26/h4-7,9-10,14H,2-3,8,11-13H2,1H3. The number of carbonyl (C=O) groups excluding carboxylic acids is 1. The highest BCUT2D eigenvalue weighted by molar-refractivity contribution is 7.92. The van der Waals surface area contributed by atoms with Crippen molar-refractivity contribution in [3.63, 3.8) is 0 Å². The van der Waals surface area contributed by atoms with E-state index < -0.39 is 10.0 Å². The van der Waals surface area contributed by atoms with E-state index in [0.717, 1.165) is 12.0 Å². The maximum atomic E-state index is 12.7. The molecule has 1 aromatic heterocycles. The maximum absolute atomic E-state index is 12.7. The lowest BCUT2D eigenvalue weighted by molar-refractivity contribution is 0.0797. The fourth-order valence-corrected chi connectivity index (χ4v) is 4.95. The van der Waals surface area contributed by atoms with Gasteiger partial charge in [0.2, 0.25) is 10.0 Å². The molecule has 0 atom stereocenters. The summed E-state index contributed by atoms with van der Waals surface area (Å²) in [5, 5.41) is 0.258. The number of likely N-dealkylation sites (N-methyl/N-ethyl adjacent to an activating group) is 1. The first-order chi connectivity index (χ1) is 12.9. The molecular formula is C19H22ClN3O3S. The molecule has 27 heavy (non-hydrogen) atoms. The highest BCUT2D eigenvalue weighted by atomic mass is 35.5. The molecule has 0 saturated carbocycles. The van der Waals surface area contributed by atoms with Crippen molar-refractivity contribution >= 4 is 33.2 Å². The minimum Gasteiger partial charge on any atom is -0.341 e. The molecule has 0 radical (unpaired) electrons. The molecule has 0 spiro atoms. The maximum Gasteiger partial charge on any atom is 0.255 e. The van der Waals surface area contributed by atoms with Gasteiger partial charge in [-0.15, -0.1) is 0 Å². The van der Waals surface area contributed by atoms with Crippen LogP contribution in [0.2, 0.25) is 5.02 Å². The second kappa shape index (κ2) is 8.27. The second-order valence-electron chi connectivity index (χ2n) is 6.59. The third-order valence-electron chi connectivity index (χ3n) is 4.65. The van der Waals surface area contributed by atoms with E-state index in [-0.39, 0.29) is 16.7 Å². The Morgan fingerprint density at radius 1 is 1.22 bits per heavy atom. The molecule has 0 aliphatic carbocycles. The molecule has 144 valence electrons. The minimum atomic E-state index is -3.31. The first kappa shape index (κ1) is 19.6. The number of carbonyl (C=O) groups is 1. The van der Waals surface area contributed by atoms with E-state index in [4.69, 9.17) is 11.6 Å². The summed E-state index contributed by atoms with van der Waals surface area (Å²) in [5.41, 5.74) is 1.98. The van der Waals surface area contributed by atoms with Crippen LogP contribution in [0.15, 0.2) is 42.7 Å². The van der Waals surface area contributed by atoms with Crippen molar-refractivity contribution in [2.75, 3.05) is 30.2 Å². The van der Waals surface area contributed by atoms with Crippen LogP contribution in [0.3, 0.4) is 0 Å². The molecule has 8 heteroatoms. The van der Waals surface area contributed by atoms with Gasteiger partial charge in [0.1, 0.15) is 0 Å². The van der Waals surface area contributed by atoms with E-state index in [0.29, 0.717) is 37.2 Å². The Morgan fingerprint density at radius 3 is 2.63 bits per heavy atom. The molecule has 0 N–H and O–H groups in total. The number of rotatable bonds is 5. The Balaban J connectivity index is 1.72. The summed E-state index contributed by atoms with van der Waals surface area (Å²) >= 11 is 6.32. The van der Waals surface area contributed by atoms with Crippen LogP contribution in [0.25, 0.3) is 0 Å². The van der Waals surface area contributed by atoms with Crippen molar-refractivity contribution in [1.29, 1.82) is 0 Å². The number of hydrogen-bond acceptors (Lipinski definition) is 4. The van der Waals surface area contributed by atoms with Crippen LogP contribution >= 0.6 is 11.6 Å². The largest absolute Gasteiger partial charge is 0.341 e. The zero-order chi connectivity index (χ0) is 19.4. The summed E-state index contributed by atoms with van der Waals surface area (Å²) in [6.07, 6.45) is 5.65. The van der Waals surface area contributed by atoms with Crippen LogP contribution in [-0.4, -0.2) is 50.1 Å². The molecule has 6 nitrogen and oxygen atoms in total. The van der Waals surface area contributed by atoms with E-state index in [1.54, 1.807) is 42.5 Å². The van der Waals surface area contributed by atoms with Crippen LogP contribution in [0.1, 0.15) is 28.8 Å². The van der Waals surface area contributed by atoms with E-state index in [1.165, 1.54) is 4.31 Å². The van der Waals surface area contributed by atoms with Gasteiger partial charge >= 0.3 is 0 Å². The van der Waals surface area contributed by atoms with Crippen LogP contribution < -0.4 is 4.31 Å². The number of benzene rings is 1. The van der Waals surface area contributed by atoms with Gasteiger partial charge in [-0.05, 0) is 55.2 Å². The van der Waals surface area contributed by atoms with Crippen LogP contribution in [-0.2, 0) is 16.4 Å². The lowest BCUT2D eigenvalue weighted by Gasteiger charge is -2.28. The third kappa shape index (κ3) is 4.59. The predicted octanol–water partition coefficient (Wildman–Crippen LogP) is 2.98. The normalized spacial score (nSPS) is 16.1. The van der Waals surface area contributed by atoms with Gasteiger partial charge in [-0.3, -0.25) is 14.1 Å². The van der Waals surface area contributed by atoms with Gasteiger partial charge in [-0.1, -0.05) is 11.6 Å². The molecular weight excluding hydrogens is 386 g/mol. The number of pyridine rings is 1. The van der Waals surface area contributed by atoms with E-state index in [1.807, 2.05) is 12.1 Å². The van der Waals surface area contributed by atoms with Crippen molar-refractivity contribution in [3.8, 4) is 0 Å². The Hall–Kier alpha value is -2.12. The van der Waals surface area contributed by atoms with E-state index in [2.05, 4.69) is 4.98 Å². The first-order valence-electron chi connectivity index (χ1n) is 8.83. The van der Waals surface area contributed by atoms with Crippen molar-refractivity contribution in [2.45, 2.75) is 19.3 Å². The number of aromatic nitrogens is 1. The molecule has 1 aromatic carbocycles. The highest BCUT2D eigenvalue weighted by Gasteiger charge is 2.27. The molecule has 1 aliphatic rings. The quantitative estimate of drug-likeness (QED) is 0.763. The summed E-state index contributed by atoms with van der Waals surface area (Å²) in [6.45, 7) is 0.985. The number of hydrogen-bond donors (Lipinski definition) is 0. The smallest absolute Gasteiger partial charge is 0.255 e. The molecule has 1 amide bonds. The zero-order valence-corrected chi connectivity index (χ0v) is 16.7. The van der Waals surface area contributed by atoms with E-state index in [9.17, 15) is 13.2 Å². The minimum absolute atomic E-state index is 0.142. The van der Waals surface area contributed by atoms with Gasteiger partial charge in [0.25, 0.3) is 5.91 Å². The number of nitrogens with zero attached hydrogens (tertiary/aromatic N) is 3. The van der Waals surface area contributed by atoms with Crippen molar-refractivity contribution < 1.29 is 13.2 Å². The lowest BCUT2D eigenvalue weighted by Crippen LogP contribution is -2.37. The van der Waals surface area contributed by atoms with Crippen LogP contribution in [0.4, 0.5) is 5.69 Å². The SMILES string of the molecule is CN(CCc1ccncc1)C(=O)c1ccc(N2CCCCS2(=O)=O)cc1Cl. The van der Waals surface area contributed by atoms with E-state index >= 15 is 0 Å². The summed E-state index contributed by atoms with van der Waals surface area (Å²) in [7, 11) is -1.58. The molecule has 2 aromatic rings. The van der Waals surface area contributed by atoms with Gasteiger partial charge < -0.3 is 4.90 Å². The highest BCUT2D eigenvalue weighted by Crippen LogP contribution is 2.28. The third-order valence-corrected chi connectivity index (χ3v) is 6.83. The van der Waals surface area contributed by atoms with Gasteiger partial charge in [0.15, 0.2) is 0 Å². The van der Waals surface area contributed by atoms with Gasteiger partial charge in [0, 0.05) is 32.5 Å². The number of sulfonamides is 1. The lowest BCUT2D eigenvalue weighted by atomic mass is 10.1.